The van der Waals surface area contributed by atoms with E-state index < -0.39 is 5.97 Å². The topological polar surface area (TPSA) is 79.3 Å². The van der Waals surface area contributed by atoms with Gasteiger partial charge in [-0.25, -0.2) is 4.98 Å². The number of rotatable bonds is 6. The quantitative estimate of drug-likeness (QED) is 0.771. The molecule has 1 heterocycles. The molecule has 1 fully saturated rings. The minimum Gasteiger partial charge on any atom is -0.481 e. The van der Waals surface area contributed by atoms with Gasteiger partial charge in [-0.2, -0.15) is 0 Å². The first-order chi connectivity index (χ1) is 11.5. The van der Waals surface area contributed by atoms with Crippen LogP contribution < -0.4 is 5.32 Å². The SMILES string of the molecule is Cc1nc(CSc2ccccc2C(=O)NC2CC(C(=O)O)C2)cs1. The van der Waals surface area contributed by atoms with Gasteiger partial charge in [-0.1, -0.05) is 12.1 Å². The van der Waals surface area contributed by atoms with E-state index in [1.165, 1.54) is 0 Å². The Morgan fingerprint density at radius 1 is 1.38 bits per heavy atom. The maximum atomic E-state index is 12.5. The summed E-state index contributed by atoms with van der Waals surface area (Å²) in [5, 5.41) is 14.9. The number of hydrogen-bond acceptors (Lipinski definition) is 5. The summed E-state index contributed by atoms with van der Waals surface area (Å²) in [7, 11) is 0. The minimum absolute atomic E-state index is 0.0437. The van der Waals surface area contributed by atoms with Crippen molar-refractivity contribution in [3.63, 3.8) is 0 Å². The van der Waals surface area contributed by atoms with Gasteiger partial charge in [-0.15, -0.1) is 23.1 Å². The zero-order valence-electron chi connectivity index (χ0n) is 13.2. The Kier molecular flexibility index (Phi) is 5.20. The van der Waals surface area contributed by atoms with Crippen molar-refractivity contribution >= 4 is 35.0 Å². The highest BCUT2D eigenvalue weighted by Crippen LogP contribution is 2.30. The molecule has 1 saturated carbocycles. The van der Waals surface area contributed by atoms with E-state index >= 15 is 0 Å². The van der Waals surface area contributed by atoms with Crippen LogP contribution in [0.5, 0.6) is 0 Å². The third kappa shape index (κ3) is 3.96. The second kappa shape index (κ2) is 7.36. The first kappa shape index (κ1) is 17.0. The first-order valence-corrected chi connectivity index (χ1v) is 9.56. The lowest BCUT2D eigenvalue weighted by Crippen LogP contribution is -2.46. The van der Waals surface area contributed by atoms with Gasteiger partial charge in [0.2, 0.25) is 0 Å². The molecule has 7 heteroatoms. The fourth-order valence-corrected chi connectivity index (χ4v) is 4.27. The molecule has 1 aliphatic rings. The zero-order valence-corrected chi connectivity index (χ0v) is 14.8. The maximum Gasteiger partial charge on any atom is 0.306 e. The van der Waals surface area contributed by atoms with Crippen molar-refractivity contribution in [1.29, 1.82) is 0 Å². The monoisotopic (exact) mass is 362 g/mol. The van der Waals surface area contributed by atoms with Gasteiger partial charge in [0, 0.05) is 22.1 Å². The molecule has 3 rings (SSSR count). The number of aryl methyl sites for hydroxylation is 1. The van der Waals surface area contributed by atoms with Gasteiger partial charge in [0.05, 0.1) is 22.2 Å². The zero-order chi connectivity index (χ0) is 17.1. The fraction of sp³-hybridized carbons (Fsp3) is 0.353. The van der Waals surface area contributed by atoms with Crippen LogP contribution in [0.2, 0.25) is 0 Å². The summed E-state index contributed by atoms with van der Waals surface area (Å²) >= 11 is 3.21. The third-order valence-electron chi connectivity index (χ3n) is 4.00. The van der Waals surface area contributed by atoms with Crippen LogP contribution in [0.15, 0.2) is 34.5 Å². The summed E-state index contributed by atoms with van der Waals surface area (Å²) in [5.74, 6) is -0.525. The fourth-order valence-electron chi connectivity index (χ4n) is 2.61. The summed E-state index contributed by atoms with van der Waals surface area (Å²) in [4.78, 5) is 28.7. The normalized spacial score (nSPS) is 19.5. The molecule has 0 radical (unpaired) electrons. The average molecular weight is 362 g/mol. The highest BCUT2D eigenvalue weighted by molar-refractivity contribution is 7.98. The molecule has 0 saturated heterocycles. The molecular formula is C17H18N2O3S2. The second-order valence-electron chi connectivity index (χ2n) is 5.82. The molecule has 0 spiro atoms. The number of hydrogen-bond donors (Lipinski definition) is 2. The van der Waals surface area contributed by atoms with E-state index in [9.17, 15) is 9.59 Å². The first-order valence-electron chi connectivity index (χ1n) is 7.69. The Bertz CT molecular complexity index is 754. The van der Waals surface area contributed by atoms with Gasteiger partial charge in [0.25, 0.3) is 5.91 Å². The summed E-state index contributed by atoms with van der Waals surface area (Å²) in [6.45, 7) is 1.98. The van der Waals surface area contributed by atoms with Crippen LogP contribution >= 0.6 is 23.1 Å². The molecule has 5 nitrogen and oxygen atoms in total. The lowest BCUT2D eigenvalue weighted by atomic mass is 9.80. The van der Waals surface area contributed by atoms with Crippen molar-refractivity contribution in [2.24, 2.45) is 5.92 Å². The summed E-state index contributed by atoms with van der Waals surface area (Å²) in [6, 6.07) is 7.44. The van der Waals surface area contributed by atoms with Gasteiger partial charge < -0.3 is 10.4 Å². The van der Waals surface area contributed by atoms with Gasteiger partial charge in [-0.05, 0) is 31.9 Å². The third-order valence-corrected chi connectivity index (χ3v) is 5.93. The van der Waals surface area contributed by atoms with Gasteiger partial charge in [0.1, 0.15) is 0 Å². The molecule has 0 unspecified atom stereocenters. The number of aliphatic carboxylic acids is 1. The summed E-state index contributed by atoms with van der Waals surface area (Å²) in [5.41, 5.74) is 1.65. The van der Waals surface area contributed by atoms with Crippen molar-refractivity contribution in [2.45, 2.75) is 36.5 Å². The molecule has 2 aromatic rings. The number of thioether (sulfide) groups is 1. The molecule has 1 amide bonds. The molecule has 1 aromatic carbocycles. The van der Waals surface area contributed by atoms with Crippen LogP contribution in [0.3, 0.4) is 0 Å². The van der Waals surface area contributed by atoms with Gasteiger partial charge in [-0.3, -0.25) is 9.59 Å². The van der Waals surface area contributed by atoms with Crippen molar-refractivity contribution in [3.8, 4) is 0 Å². The summed E-state index contributed by atoms with van der Waals surface area (Å²) in [6.07, 6.45) is 1.02. The number of thiazole rings is 1. The molecule has 1 aromatic heterocycles. The van der Waals surface area contributed by atoms with E-state index in [1.807, 2.05) is 30.5 Å². The van der Waals surface area contributed by atoms with Crippen LogP contribution in [0, 0.1) is 12.8 Å². The Morgan fingerprint density at radius 2 is 2.12 bits per heavy atom. The second-order valence-corrected chi connectivity index (χ2v) is 7.90. The minimum atomic E-state index is -0.782. The van der Waals surface area contributed by atoms with E-state index in [0.29, 0.717) is 18.4 Å². The summed E-state index contributed by atoms with van der Waals surface area (Å²) < 4.78 is 0. The van der Waals surface area contributed by atoms with Crippen LogP contribution in [0.25, 0.3) is 0 Å². The Balaban J connectivity index is 1.61. The molecule has 0 aliphatic heterocycles. The van der Waals surface area contributed by atoms with Crippen molar-refractivity contribution < 1.29 is 14.7 Å². The maximum absolute atomic E-state index is 12.5. The highest BCUT2D eigenvalue weighted by Gasteiger charge is 2.35. The van der Waals surface area contributed by atoms with Crippen LogP contribution in [-0.4, -0.2) is 28.0 Å². The van der Waals surface area contributed by atoms with Gasteiger partial charge in [0.15, 0.2) is 0 Å². The molecule has 126 valence electrons. The number of aromatic nitrogens is 1. The number of carbonyl (C=O) groups is 2. The highest BCUT2D eigenvalue weighted by atomic mass is 32.2. The predicted octanol–water partition coefficient (Wildman–Crippen LogP) is 3.34. The van der Waals surface area contributed by atoms with E-state index in [-0.39, 0.29) is 17.9 Å². The number of nitrogens with one attached hydrogen (secondary N) is 1. The lowest BCUT2D eigenvalue weighted by molar-refractivity contribution is -0.145. The predicted molar refractivity (Wildman–Crippen MR) is 94.5 cm³/mol. The van der Waals surface area contributed by atoms with E-state index in [1.54, 1.807) is 29.2 Å². The number of nitrogens with zero attached hydrogens (tertiary/aromatic N) is 1. The molecule has 0 bridgehead atoms. The van der Waals surface area contributed by atoms with Crippen LogP contribution in [-0.2, 0) is 10.5 Å². The van der Waals surface area contributed by atoms with E-state index in [4.69, 9.17) is 5.11 Å². The lowest BCUT2D eigenvalue weighted by Gasteiger charge is -2.33. The standard InChI is InChI=1S/C17H18N2O3S2/c1-10-18-13(8-23-10)9-24-15-5-3-2-4-14(15)16(20)19-12-6-11(7-12)17(21)22/h2-5,8,11-12H,6-7,9H2,1H3,(H,19,20)(H,21,22). The van der Waals surface area contributed by atoms with Crippen LogP contribution in [0.1, 0.15) is 33.9 Å². The van der Waals surface area contributed by atoms with Crippen LogP contribution in [0.4, 0.5) is 0 Å². The van der Waals surface area contributed by atoms with E-state index in [2.05, 4.69) is 10.3 Å². The molecule has 24 heavy (non-hydrogen) atoms. The van der Waals surface area contributed by atoms with Crippen molar-refractivity contribution in [1.82, 2.24) is 10.3 Å². The number of carbonyl (C=O) groups excluding carboxylic acids is 1. The van der Waals surface area contributed by atoms with Crippen molar-refractivity contribution in [2.75, 3.05) is 0 Å². The Labute approximate surface area is 148 Å². The van der Waals surface area contributed by atoms with Crippen molar-refractivity contribution in [3.05, 3.63) is 45.9 Å². The number of amides is 1. The number of benzene rings is 1. The van der Waals surface area contributed by atoms with E-state index in [0.717, 1.165) is 21.3 Å². The molecule has 0 atom stereocenters. The Hall–Kier alpha value is -1.86. The molecule has 1 aliphatic carbocycles. The number of carboxylic acid groups (broad SMARTS) is 1. The van der Waals surface area contributed by atoms with Gasteiger partial charge >= 0.3 is 5.97 Å². The average Bonchev–Trinajstić information content (AvgIpc) is 2.93. The number of carboxylic acids is 1. The smallest absolute Gasteiger partial charge is 0.306 e. The molecule has 2 N–H and O–H groups in total. The largest absolute Gasteiger partial charge is 0.481 e. The Morgan fingerprint density at radius 3 is 2.79 bits per heavy atom. The molecular weight excluding hydrogens is 344 g/mol.